The molecule has 0 aliphatic heterocycles. The molecular weight excluding hydrogens is 204 g/mol. The lowest BCUT2D eigenvalue weighted by Crippen LogP contribution is -2.19. The van der Waals surface area contributed by atoms with Crippen molar-refractivity contribution in [1.82, 2.24) is 24.5 Å². The molecule has 2 aromatic rings. The van der Waals surface area contributed by atoms with Crippen molar-refractivity contribution >= 4 is 0 Å². The van der Waals surface area contributed by atoms with E-state index in [1.54, 1.807) is 11.0 Å². The Hall–Kier alpha value is -1.69. The number of hydrogen-bond acceptors (Lipinski definition) is 4. The summed E-state index contributed by atoms with van der Waals surface area (Å²) < 4.78 is 3.53. The van der Waals surface area contributed by atoms with Gasteiger partial charge in [-0.25, -0.2) is 9.67 Å². The first kappa shape index (κ1) is 10.8. The Kier molecular flexibility index (Phi) is 2.74. The Balaban J connectivity index is 2.51. The van der Waals surface area contributed by atoms with Crippen LogP contribution < -0.4 is 5.73 Å². The van der Waals surface area contributed by atoms with E-state index in [1.165, 1.54) is 6.33 Å². The van der Waals surface area contributed by atoms with Crippen LogP contribution in [0.3, 0.4) is 0 Å². The number of aryl methyl sites for hydroxylation is 2. The zero-order valence-electron chi connectivity index (χ0n) is 9.75. The second-order valence-electron chi connectivity index (χ2n) is 4.03. The molecule has 0 aliphatic rings. The summed E-state index contributed by atoms with van der Waals surface area (Å²) >= 11 is 0. The zero-order valence-corrected chi connectivity index (χ0v) is 9.75. The van der Waals surface area contributed by atoms with E-state index >= 15 is 0 Å². The van der Waals surface area contributed by atoms with Gasteiger partial charge in [0.2, 0.25) is 0 Å². The Bertz CT molecular complexity index is 468. The standard InChI is InChI=1S/C10H16N6/c1-7(11)4-9-8(2)14-15(3)10(9)16-6-12-5-13-16/h5-7H,4,11H2,1-3H3. The Labute approximate surface area is 94.1 Å². The van der Waals surface area contributed by atoms with Crippen LogP contribution in [0.15, 0.2) is 12.7 Å². The molecule has 16 heavy (non-hydrogen) atoms. The van der Waals surface area contributed by atoms with E-state index in [1.807, 2.05) is 25.6 Å². The molecule has 2 aromatic heterocycles. The third-order valence-corrected chi connectivity index (χ3v) is 2.48. The first-order valence-corrected chi connectivity index (χ1v) is 5.22. The first-order chi connectivity index (χ1) is 7.59. The second kappa shape index (κ2) is 4.05. The summed E-state index contributed by atoms with van der Waals surface area (Å²) in [5.74, 6) is 0.937. The maximum atomic E-state index is 5.84. The third kappa shape index (κ3) is 1.83. The van der Waals surface area contributed by atoms with Gasteiger partial charge in [0, 0.05) is 18.7 Å². The molecule has 6 heteroatoms. The number of nitrogens with zero attached hydrogens (tertiary/aromatic N) is 5. The fourth-order valence-corrected chi connectivity index (χ4v) is 1.85. The maximum Gasteiger partial charge on any atom is 0.157 e. The van der Waals surface area contributed by atoms with Crippen molar-refractivity contribution in [2.24, 2.45) is 12.8 Å². The largest absolute Gasteiger partial charge is 0.328 e. The van der Waals surface area contributed by atoms with Gasteiger partial charge in [-0.2, -0.15) is 10.2 Å². The molecule has 1 atom stereocenters. The highest BCUT2D eigenvalue weighted by atomic mass is 15.4. The second-order valence-corrected chi connectivity index (χ2v) is 4.03. The highest BCUT2D eigenvalue weighted by molar-refractivity contribution is 5.37. The van der Waals surface area contributed by atoms with Crippen molar-refractivity contribution in [3.05, 3.63) is 23.9 Å². The molecule has 86 valence electrons. The van der Waals surface area contributed by atoms with E-state index in [-0.39, 0.29) is 6.04 Å². The minimum absolute atomic E-state index is 0.102. The van der Waals surface area contributed by atoms with E-state index in [0.717, 1.165) is 23.5 Å². The predicted molar refractivity (Wildman–Crippen MR) is 60.2 cm³/mol. The van der Waals surface area contributed by atoms with Gasteiger partial charge < -0.3 is 5.73 Å². The third-order valence-electron chi connectivity index (χ3n) is 2.48. The Morgan fingerprint density at radius 2 is 2.25 bits per heavy atom. The first-order valence-electron chi connectivity index (χ1n) is 5.22. The average molecular weight is 220 g/mol. The van der Waals surface area contributed by atoms with Crippen molar-refractivity contribution in [2.45, 2.75) is 26.3 Å². The quantitative estimate of drug-likeness (QED) is 0.801. The number of aromatic nitrogens is 5. The summed E-state index contributed by atoms with van der Waals surface area (Å²) in [6, 6.07) is 0.102. The van der Waals surface area contributed by atoms with Crippen molar-refractivity contribution in [2.75, 3.05) is 0 Å². The molecule has 0 saturated carbocycles. The van der Waals surface area contributed by atoms with Gasteiger partial charge in [-0.1, -0.05) is 0 Å². The molecule has 2 heterocycles. The molecule has 2 N–H and O–H groups in total. The molecule has 0 saturated heterocycles. The molecule has 0 radical (unpaired) electrons. The van der Waals surface area contributed by atoms with Crippen LogP contribution in [0, 0.1) is 6.92 Å². The highest BCUT2D eigenvalue weighted by Crippen LogP contribution is 2.17. The van der Waals surface area contributed by atoms with Gasteiger partial charge in [0.1, 0.15) is 12.7 Å². The summed E-state index contributed by atoms with van der Waals surface area (Å²) in [7, 11) is 1.90. The highest BCUT2D eigenvalue weighted by Gasteiger charge is 2.16. The van der Waals surface area contributed by atoms with E-state index < -0.39 is 0 Å². The summed E-state index contributed by atoms with van der Waals surface area (Å²) in [6.45, 7) is 3.97. The lowest BCUT2D eigenvalue weighted by atomic mass is 10.1. The SMILES string of the molecule is Cc1nn(C)c(-n2cncn2)c1CC(C)N. The van der Waals surface area contributed by atoms with Crippen LogP contribution in [0.5, 0.6) is 0 Å². The number of nitrogens with two attached hydrogens (primary N) is 1. The molecule has 0 aromatic carbocycles. The van der Waals surface area contributed by atoms with Gasteiger partial charge in [-0.3, -0.25) is 4.68 Å². The summed E-state index contributed by atoms with van der Waals surface area (Å²) in [5, 5.41) is 8.53. The lowest BCUT2D eigenvalue weighted by molar-refractivity contribution is 0.682. The van der Waals surface area contributed by atoms with Crippen LogP contribution in [-0.4, -0.2) is 30.6 Å². The van der Waals surface area contributed by atoms with Crippen molar-refractivity contribution in [3.8, 4) is 5.82 Å². The van der Waals surface area contributed by atoms with E-state index in [0.29, 0.717) is 0 Å². The fourth-order valence-electron chi connectivity index (χ4n) is 1.85. The molecule has 0 amide bonds. The van der Waals surface area contributed by atoms with Crippen LogP contribution in [-0.2, 0) is 13.5 Å². The molecule has 0 bridgehead atoms. The van der Waals surface area contributed by atoms with Crippen LogP contribution in [0.2, 0.25) is 0 Å². The molecule has 0 spiro atoms. The van der Waals surface area contributed by atoms with Gasteiger partial charge in [0.05, 0.1) is 5.69 Å². The molecule has 1 unspecified atom stereocenters. The van der Waals surface area contributed by atoms with Crippen LogP contribution in [0.1, 0.15) is 18.2 Å². The van der Waals surface area contributed by atoms with Gasteiger partial charge in [0.25, 0.3) is 0 Å². The normalized spacial score (nSPS) is 13.0. The Morgan fingerprint density at radius 1 is 1.50 bits per heavy atom. The van der Waals surface area contributed by atoms with E-state index in [2.05, 4.69) is 15.2 Å². The van der Waals surface area contributed by atoms with Crippen LogP contribution >= 0.6 is 0 Å². The van der Waals surface area contributed by atoms with Crippen molar-refractivity contribution in [3.63, 3.8) is 0 Å². The van der Waals surface area contributed by atoms with Crippen LogP contribution in [0.25, 0.3) is 5.82 Å². The maximum absolute atomic E-state index is 5.84. The van der Waals surface area contributed by atoms with Crippen molar-refractivity contribution in [1.29, 1.82) is 0 Å². The number of hydrogen-bond donors (Lipinski definition) is 1. The monoisotopic (exact) mass is 220 g/mol. The molecule has 2 rings (SSSR count). The zero-order chi connectivity index (χ0) is 11.7. The smallest absolute Gasteiger partial charge is 0.157 e. The predicted octanol–water partition coefficient (Wildman–Crippen LogP) is 0.199. The molecule has 6 nitrogen and oxygen atoms in total. The van der Waals surface area contributed by atoms with Gasteiger partial charge in [0.15, 0.2) is 5.82 Å². The molecule has 0 fully saturated rings. The average Bonchev–Trinajstić information content (AvgIpc) is 2.75. The minimum atomic E-state index is 0.102. The molecular formula is C10H16N6. The minimum Gasteiger partial charge on any atom is -0.328 e. The topological polar surface area (TPSA) is 74.5 Å². The number of rotatable bonds is 3. The van der Waals surface area contributed by atoms with E-state index in [4.69, 9.17) is 5.73 Å². The van der Waals surface area contributed by atoms with Gasteiger partial charge >= 0.3 is 0 Å². The van der Waals surface area contributed by atoms with Crippen LogP contribution in [0.4, 0.5) is 0 Å². The summed E-state index contributed by atoms with van der Waals surface area (Å²) in [4.78, 5) is 3.95. The summed E-state index contributed by atoms with van der Waals surface area (Å²) in [6.07, 6.45) is 3.97. The molecule has 0 aliphatic carbocycles. The lowest BCUT2D eigenvalue weighted by Gasteiger charge is -2.08. The summed E-state index contributed by atoms with van der Waals surface area (Å²) in [5.41, 5.74) is 7.96. The Morgan fingerprint density at radius 3 is 2.81 bits per heavy atom. The van der Waals surface area contributed by atoms with Crippen molar-refractivity contribution < 1.29 is 0 Å². The van der Waals surface area contributed by atoms with Gasteiger partial charge in [-0.05, 0) is 20.3 Å². The fraction of sp³-hybridized carbons (Fsp3) is 0.500. The van der Waals surface area contributed by atoms with E-state index in [9.17, 15) is 0 Å². The van der Waals surface area contributed by atoms with Gasteiger partial charge in [-0.15, -0.1) is 0 Å².